The van der Waals surface area contributed by atoms with Crippen molar-refractivity contribution in [3.63, 3.8) is 0 Å². The van der Waals surface area contributed by atoms with Gasteiger partial charge >= 0.3 is 5.97 Å². The molecule has 0 aliphatic rings. The van der Waals surface area contributed by atoms with Gasteiger partial charge in [0.1, 0.15) is 0 Å². The van der Waals surface area contributed by atoms with E-state index in [0.29, 0.717) is 16.9 Å². The van der Waals surface area contributed by atoms with Crippen molar-refractivity contribution in [2.75, 3.05) is 12.8 Å². The van der Waals surface area contributed by atoms with Gasteiger partial charge in [0.05, 0.1) is 30.3 Å². The lowest BCUT2D eigenvalue weighted by Gasteiger charge is -2.02. The number of anilines is 1. The van der Waals surface area contributed by atoms with Crippen LogP contribution in [0.15, 0.2) is 30.5 Å². The van der Waals surface area contributed by atoms with E-state index in [1.807, 2.05) is 6.07 Å². The summed E-state index contributed by atoms with van der Waals surface area (Å²) in [7, 11) is 1.35. The van der Waals surface area contributed by atoms with Crippen LogP contribution in [0.3, 0.4) is 0 Å². The number of esters is 1. The first-order valence-electron chi connectivity index (χ1n) is 4.70. The van der Waals surface area contributed by atoms with Crippen LogP contribution in [0, 0.1) is 0 Å². The lowest BCUT2D eigenvalue weighted by molar-refractivity contribution is 0.0601. The molecule has 2 rings (SSSR count). The highest BCUT2D eigenvalue weighted by Crippen LogP contribution is 2.23. The molecule has 2 aromatic rings. The van der Waals surface area contributed by atoms with Crippen molar-refractivity contribution in [2.45, 2.75) is 0 Å². The molecule has 0 saturated carbocycles. The normalized spacial score (nSPS) is 10.1. The average Bonchev–Trinajstić information content (AvgIpc) is 2.74. The number of hydrogen-bond acceptors (Lipinski definition) is 4. The lowest BCUT2D eigenvalue weighted by atomic mass is 10.1. The molecule has 0 saturated heterocycles. The molecule has 0 fully saturated rings. The summed E-state index contributed by atoms with van der Waals surface area (Å²) >= 11 is 0. The number of nitrogens with zero attached hydrogens (tertiary/aromatic N) is 1. The van der Waals surface area contributed by atoms with Crippen LogP contribution < -0.4 is 5.73 Å². The predicted octanol–water partition coefficient (Wildman–Crippen LogP) is 1.45. The molecule has 3 N–H and O–H groups in total. The molecule has 0 aliphatic carbocycles. The fourth-order valence-electron chi connectivity index (χ4n) is 1.45. The lowest BCUT2D eigenvalue weighted by Crippen LogP contribution is -2.01. The second-order valence-electron chi connectivity index (χ2n) is 3.27. The maximum Gasteiger partial charge on any atom is 0.337 e. The summed E-state index contributed by atoms with van der Waals surface area (Å²) in [6.07, 6.45) is 1.53. The van der Waals surface area contributed by atoms with E-state index >= 15 is 0 Å². The van der Waals surface area contributed by atoms with Crippen LogP contribution >= 0.6 is 0 Å². The molecule has 1 aromatic carbocycles. The van der Waals surface area contributed by atoms with Gasteiger partial charge in [-0.1, -0.05) is 12.1 Å². The van der Waals surface area contributed by atoms with Gasteiger partial charge in [-0.05, 0) is 12.1 Å². The SMILES string of the molecule is COC(=O)c1cccc(-c2[nH]ncc2N)c1. The summed E-state index contributed by atoms with van der Waals surface area (Å²) < 4.78 is 4.64. The van der Waals surface area contributed by atoms with Crippen LogP contribution in [-0.4, -0.2) is 23.3 Å². The number of carbonyl (C=O) groups is 1. The van der Waals surface area contributed by atoms with Gasteiger partial charge in [0.15, 0.2) is 0 Å². The third-order valence-corrected chi connectivity index (χ3v) is 2.24. The van der Waals surface area contributed by atoms with Gasteiger partial charge in [-0.25, -0.2) is 4.79 Å². The number of hydrogen-bond donors (Lipinski definition) is 2. The van der Waals surface area contributed by atoms with Crippen molar-refractivity contribution in [2.24, 2.45) is 0 Å². The number of benzene rings is 1. The molecule has 5 heteroatoms. The Balaban J connectivity index is 2.44. The highest BCUT2D eigenvalue weighted by molar-refractivity contribution is 5.91. The highest BCUT2D eigenvalue weighted by atomic mass is 16.5. The van der Waals surface area contributed by atoms with Gasteiger partial charge in [0, 0.05) is 5.56 Å². The second kappa shape index (κ2) is 4.06. The zero-order chi connectivity index (χ0) is 11.5. The summed E-state index contributed by atoms with van der Waals surface area (Å²) in [6, 6.07) is 7.00. The molecule has 1 aromatic heterocycles. The topological polar surface area (TPSA) is 81.0 Å². The average molecular weight is 217 g/mol. The van der Waals surface area contributed by atoms with Gasteiger partial charge in [-0.2, -0.15) is 5.10 Å². The van der Waals surface area contributed by atoms with Crippen LogP contribution in [0.5, 0.6) is 0 Å². The Kier molecular flexibility index (Phi) is 2.59. The van der Waals surface area contributed by atoms with Crippen molar-refractivity contribution in [3.8, 4) is 11.3 Å². The number of H-pyrrole nitrogens is 1. The van der Waals surface area contributed by atoms with E-state index in [0.717, 1.165) is 5.56 Å². The minimum Gasteiger partial charge on any atom is -0.465 e. The van der Waals surface area contributed by atoms with E-state index in [2.05, 4.69) is 14.9 Å². The van der Waals surface area contributed by atoms with Gasteiger partial charge in [-0.15, -0.1) is 0 Å². The number of nitrogens with two attached hydrogens (primary N) is 1. The van der Waals surface area contributed by atoms with Crippen molar-refractivity contribution in [3.05, 3.63) is 36.0 Å². The maximum atomic E-state index is 11.3. The number of nitrogen functional groups attached to an aromatic ring is 1. The van der Waals surface area contributed by atoms with E-state index in [1.54, 1.807) is 18.2 Å². The Morgan fingerprint density at radius 3 is 2.94 bits per heavy atom. The van der Waals surface area contributed by atoms with Crippen LogP contribution in [0.25, 0.3) is 11.3 Å². The summed E-state index contributed by atoms with van der Waals surface area (Å²) in [5.74, 6) is -0.375. The number of ether oxygens (including phenoxy) is 1. The van der Waals surface area contributed by atoms with Gasteiger partial charge in [0.2, 0.25) is 0 Å². The van der Waals surface area contributed by atoms with Gasteiger partial charge in [-0.3, -0.25) is 5.10 Å². The first-order chi connectivity index (χ1) is 7.72. The molecule has 0 unspecified atom stereocenters. The van der Waals surface area contributed by atoms with E-state index in [9.17, 15) is 4.79 Å². The molecular formula is C11H11N3O2. The number of carbonyl (C=O) groups excluding carboxylic acids is 1. The number of nitrogens with one attached hydrogen (secondary N) is 1. The molecule has 16 heavy (non-hydrogen) atoms. The summed E-state index contributed by atoms with van der Waals surface area (Å²) in [4.78, 5) is 11.3. The van der Waals surface area contributed by atoms with Crippen molar-refractivity contribution < 1.29 is 9.53 Å². The van der Waals surface area contributed by atoms with Crippen molar-refractivity contribution in [1.29, 1.82) is 0 Å². The molecule has 5 nitrogen and oxygen atoms in total. The van der Waals surface area contributed by atoms with Gasteiger partial charge < -0.3 is 10.5 Å². The van der Waals surface area contributed by atoms with Crippen LogP contribution in [0.1, 0.15) is 10.4 Å². The Labute approximate surface area is 92.2 Å². The van der Waals surface area contributed by atoms with E-state index < -0.39 is 0 Å². The Hall–Kier alpha value is -2.30. The third kappa shape index (κ3) is 1.75. The predicted molar refractivity (Wildman–Crippen MR) is 59.8 cm³/mol. The quantitative estimate of drug-likeness (QED) is 0.746. The molecule has 0 aliphatic heterocycles. The molecule has 82 valence electrons. The zero-order valence-corrected chi connectivity index (χ0v) is 8.73. The summed E-state index contributed by atoms with van der Waals surface area (Å²) in [6.45, 7) is 0. The molecular weight excluding hydrogens is 206 g/mol. The number of rotatable bonds is 2. The van der Waals surface area contributed by atoms with Crippen LogP contribution in [0.2, 0.25) is 0 Å². The van der Waals surface area contributed by atoms with E-state index in [-0.39, 0.29) is 5.97 Å². The minimum absolute atomic E-state index is 0.375. The first-order valence-corrected chi connectivity index (χ1v) is 4.70. The molecule has 0 amide bonds. The molecule has 1 heterocycles. The molecule has 0 radical (unpaired) electrons. The molecule has 0 spiro atoms. The van der Waals surface area contributed by atoms with Crippen LogP contribution in [0.4, 0.5) is 5.69 Å². The number of aromatic nitrogens is 2. The zero-order valence-electron chi connectivity index (χ0n) is 8.73. The number of methoxy groups -OCH3 is 1. The summed E-state index contributed by atoms with van der Waals surface area (Å²) in [5, 5.41) is 6.61. The maximum absolute atomic E-state index is 11.3. The minimum atomic E-state index is -0.375. The van der Waals surface area contributed by atoms with Crippen LogP contribution in [-0.2, 0) is 4.74 Å². The Morgan fingerprint density at radius 1 is 1.50 bits per heavy atom. The van der Waals surface area contributed by atoms with Gasteiger partial charge in [0.25, 0.3) is 0 Å². The van der Waals surface area contributed by atoms with Crippen molar-refractivity contribution in [1.82, 2.24) is 10.2 Å². The van der Waals surface area contributed by atoms with Crippen molar-refractivity contribution >= 4 is 11.7 Å². The van der Waals surface area contributed by atoms with E-state index in [1.165, 1.54) is 13.3 Å². The fourth-order valence-corrected chi connectivity index (χ4v) is 1.45. The monoisotopic (exact) mass is 217 g/mol. The fraction of sp³-hybridized carbons (Fsp3) is 0.0909. The third-order valence-electron chi connectivity index (χ3n) is 2.24. The smallest absolute Gasteiger partial charge is 0.337 e. The second-order valence-corrected chi connectivity index (χ2v) is 3.27. The Morgan fingerprint density at radius 2 is 2.31 bits per heavy atom. The first kappa shape index (κ1) is 10.2. The molecule has 0 bridgehead atoms. The largest absolute Gasteiger partial charge is 0.465 e. The van der Waals surface area contributed by atoms with E-state index in [4.69, 9.17) is 5.73 Å². The standard InChI is InChI=1S/C11H11N3O2/c1-16-11(15)8-4-2-3-7(5-8)10-9(12)6-13-14-10/h2-6H,12H2,1H3,(H,13,14). The Bertz CT molecular complexity index is 519. The summed E-state index contributed by atoms with van der Waals surface area (Å²) in [5.41, 5.74) is 8.25. The highest BCUT2D eigenvalue weighted by Gasteiger charge is 2.09. The number of aromatic amines is 1. The molecule has 0 atom stereocenters.